The highest BCUT2D eigenvalue weighted by atomic mass is 16.4. The maximum absolute atomic E-state index is 12.7. The van der Waals surface area contributed by atoms with Crippen molar-refractivity contribution >= 4 is 17.6 Å². The molecule has 0 bridgehead atoms. The molecule has 2 rings (SSSR count). The van der Waals surface area contributed by atoms with Gasteiger partial charge in [-0.25, -0.2) is 0 Å². The summed E-state index contributed by atoms with van der Waals surface area (Å²) in [6.45, 7) is 8.04. The van der Waals surface area contributed by atoms with Crippen LogP contribution in [0.15, 0.2) is 24.3 Å². The van der Waals surface area contributed by atoms with Crippen LogP contribution in [0.1, 0.15) is 17.3 Å². The predicted octanol–water partition coefficient (Wildman–Crippen LogP) is 0.917. The molecule has 144 valence electrons. The molecule has 1 aliphatic heterocycles. The molecule has 0 aliphatic carbocycles. The molecule has 1 saturated heterocycles. The fourth-order valence-corrected chi connectivity index (χ4v) is 3.06. The topological polar surface area (TPSA) is 67.3 Å². The van der Waals surface area contributed by atoms with E-state index in [1.807, 2.05) is 31.1 Å². The van der Waals surface area contributed by atoms with Gasteiger partial charge in [0.2, 0.25) is 0 Å². The molecule has 1 heterocycles. The second kappa shape index (κ2) is 9.54. The Hall–Kier alpha value is -2.12. The van der Waals surface area contributed by atoms with Crippen LogP contribution in [0.3, 0.4) is 0 Å². The van der Waals surface area contributed by atoms with Gasteiger partial charge in [0.1, 0.15) is 6.54 Å². The number of benzene rings is 1. The van der Waals surface area contributed by atoms with Crippen molar-refractivity contribution in [3.05, 3.63) is 29.8 Å². The van der Waals surface area contributed by atoms with Gasteiger partial charge in [-0.05, 0) is 44.9 Å². The molecule has 7 heteroatoms. The van der Waals surface area contributed by atoms with Crippen molar-refractivity contribution in [3.63, 3.8) is 0 Å². The molecular weight excluding hydrogens is 332 g/mol. The van der Waals surface area contributed by atoms with Crippen molar-refractivity contribution in [1.29, 1.82) is 0 Å². The van der Waals surface area contributed by atoms with Gasteiger partial charge in [-0.1, -0.05) is 6.92 Å². The number of carbonyl (C=O) groups excluding carboxylic acids is 1. The minimum Gasteiger partial charge on any atom is -0.480 e. The van der Waals surface area contributed by atoms with Crippen LogP contribution in [0.2, 0.25) is 0 Å². The van der Waals surface area contributed by atoms with E-state index in [0.29, 0.717) is 18.7 Å². The van der Waals surface area contributed by atoms with E-state index in [9.17, 15) is 9.59 Å². The van der Waals surface area contributed by atoms with Gasteiger partial charge in [-0.3, -0.25) is 9.59 Å². The first-order valence-corrected chi connectivity index (χ1v) is 9.14. The standard InChI is InChI=1S/C19H30N4O3/c1-4-21-10-13-22(14-11-21)17-7-5-16(6-8-17)19(26)23(15-18(24)25)12-9-20(2)3/h5-8H,4,9-15H2,1-3H3,(H,24,25). The molecule has 1 N–H and O–H groups in total. The summed E-state index contributed by atoms with van der Waals surface area (Å²) < 4.78 is 0. The lowest BCUT2D eigenvalue weighted by Crippen LogP contribution is -2.46. The number of carbonyl (C=O) groups is 2. The zero-order valence-electron chi connectivity index (χ0n) is 16.0. The molecule has 0 atom stereocenters. The number of amides is 1. The molecule has 1 aliphatic rings. The molecule has 1 fully saturated rings. The fraction of sp³-hybridized carbons (Fsp3) is 0.579. The summed E-state index contributed by atoms with van der Waals surface area (Å²) in [6.07, 6.45) is 0. The number of nitrogens with zero attached hydrogens (tertiary/aromatic N) is 4. The van der Waals surface area contributed by atoms with Gasteiger partial charge in [0.15, 0.2) is 0 Å². The fourth-order valence-electron chi connectivity index (χ4n) is 3.06. The molecule has 7 nitrogen and oxygen atoms in total. The molecule has 1 amide bonds. The highest BCUT2D eigenvalue weighted by Crippen LogP contribution is 2.18. The number of anilines is 1. The smallest absolute Gasteiger partial charge is 0.323 e. The van der Waals surface area contributed by atoms with Gasteiger partial charge in [0.25, 0.3) is 5.91 Å². The number of aliphatic carboxylic acids is 1. The van der Waals surface area contributed by atoms with Crippen molar-refractivity contribution < 1.29 is 14.7 Å². The zero-order valence-corrected chi connectivity index (χ0v) is 16.0. The molecule has 1 aromatic rings. The summed E-state index contributed by atoms with van der Waals surface area (Å²) in [4.78, 5) is 31.8. The van der Waals surface area contributed by atoms with Crippen molar-refractivity contribution in [3.8, 4) is 0 Å². The van der Waals surface area contributed by atoms with Crippen LogP contribution in [-0.4, -0.2) is 98.1 Å². The summed E-state index contributed by atoms with van der Waals surface area (Å²) in [7, 11) is 3.80. The van der Waals surface area contributed by atoms with Gasteiger partial charge in [0, 0.05) is 50.5 Å². The van der Waals surface area contributed by atoms with Crippen LogP contribution in [0.5, 0.6) is 0 Å². The second-order valence-electron chi connectivity index (χ2n) is 6.89. The van der Waals surface area contributed by atoms with E-state index < -0.39 is 5.97 Å². The Morgan fingerprint density at radius 1 is 1.04 bits per heavy atom. The van der Waals surface area contributed by atoms with E-state index in [4.69, 9.17) is 5.11 Å². The van der Waals surface area contributed by atoms with Gasteiger partial charge in [0.05, 0.1) is 0 Å². The summed E-state index contributed by atoms with van der Waals surface area (Å²) >= 11 is 0. The first-order valence-electron chi connectivity index (χ1n) is 9.14. The first-order chi connectivity index (χ1) is 12.4. The maximum Gasteiger partial charge on any atom is 0.323 e. The third-order valence-electron chi connectivity index (χ3n) is 4.73. The number of carboxylic acids is 1. The number of likely N-dealkylation sites (N-methyl/N-ethyl adjacent to an activating group) is 2. The normalized spacial score (nSPS) is 15.3. The largest absolute Gasteiger partial charge is 0.480 e. The highest BCUT2D eigenvalue weighted by molar-refractivity contribution is 5.96. The SMILES string of the molecule is CCN1CCN(c2ccc(C(=O)N(CCN(C)C)CC(=O)O)cc2)CC1. The van der Waals surface area contributed by atoms with E-state index in [-0.39, 0.29) is 12.5 Å². The van der Waals surface area contributed by atoms with Gasteiger partial charge >= 0.3 is 5.97 Å². The summed E-state index contributed by atoms with van der Waals surface area (Å²) in [5.74, 6) is -1.24. The molecule has 1 aromatic carbocycles. The van der Waals surface area contributed by atoms with Crippen molar-refractivity contribution in [1.82, 2.24) is 14.7 Å². The third kappa shape index (κ3) is 5.71. The Morgan fingerprint density at radius 2 is 1.65 bits per heavy atom. The molecule has 26 heavy (non-hydrogen) atoms. The molecule has 0 radical (unpaired) electrons. The van der Waals surface area contributed by atoms with E-state index in [2.05, 4.69) is 16.7 Å². The minimum absolute atomic E-state index is 0.239. The number of hydrogen-bond donors (Lipinski definition) is 1. The predicted molar refractivity (Wildman–Crippen MR) is 103 cm³/mol. The maximum atomic E-state index is 12.7. The van der Waals surface area contributed by atoms with E-state index in [1.165, 1.54) is 4.90 Å². The number of carboxylic acid groups (broad SMARTS) is 1. The van der Waals surface area contributed by atoms with Crippen LogP contribution in [0.25, 0.3) is 0 Å². The van der Waals surface area contributed by atoms with Crippen molar-refractivity contribution in [2.45, 2.75) is 6.92 Å². The lowest BCUT2D eigenvalue weighted by atomic mass is 10.1. The van der Waals surface area contributed by atoms with Crippen molar-refractivity contribution in [2.24, 2.45) is 0 Å². The van der Waals surface area contributed by atoms with E-state index in [0.717, 1.165) is 38.4 Å². The Balaban J connectivity index is 2.02. The van der Waals surface area contributed by atoms with Gasteiger partial charge in [-0.15, -0.1) is 0 Å². The molecule has 0 saturated carbocycles. The average molecular weight is 362 g/mol. The highest BCUT2D eigenvalue weighted by Gasteiger charge is 2.20. The number of hydrogen-bond acceptors (Lipinski definition) is 5. The third-order valence-corrected chi connectivity index (χ3v) is 4.73. The van der Waals surface area contributed by atoms with Crippen LogP contribution in [0.4, 0.5) is 5.69 Å². The Bertz CT molecular complexity index is 595. The Morgan fingerprint density at radius 3 is 2.15 bits per heavy atom. The lowest BCUT2D eigenvalue weighted by molar-refractivity contribution is -0.137. The van der Waals surface area contributed by atoms with Crippen LogP contribution in [0, 0.1) is 0 Å². The van der Waals surface area contributed by atoms with Gasteiger partial charge in [-0.2, -0.15) is 0 Å². The number of rotatable bonds is 8. The van der Waals surface area contributed by atoms with E-state index >= 15 is 0 Å². The molecule has 0 unspecified atom stereocenters. The van der Waals surface area contributed by atoms with Crippen molar-refractivity contribution in [2.75, 3.05) is 71.4 Å². The summed E-state index contributed by atoms with van der Waals surface area (Å²) in [5, 5.41) is 9.08. The minimum atomic E-state index is -0.998. The lowest BCUT2D eigenvalue weighted by Gasteiger charge is -2.35. The van der Waals surface area contributed by atoms with Crippen LogP contribution < -0.4 is 4.90 Å². The summed E-state index contributed by atoms with van der Waals surface area (Å²) in [5.41, 5.74) is 1.64. The molecular formula is C19H30N4O3. The van der Waals surface area contributed by atoms with Gasteiger partial charge < -0.3 is 24.7 Å². The van der Waals surface area contributed by atoms with Crippen LogP contribution in [-0.2, 0) is 4.79 Å². The average Bonchev–Trinajstić information content (AvgIpc) is 2.64. The monoisotopic (exact) mass is 362 g/mol. The van der Waals surface area contributed by atoms with Crippen LogP contribution >= 0.6 is 0 Å². The summed E-state index contributed by atoms with van der Waals surface area (Å²) in [6, 6.07) is 7.52. The number of piperazine rings is 1. The molecule has 0 aromatic heterocycles. The second-order valence-corrected chi connectivity index (χ2v) is 6.89. The first kappa shape index (κ1) is 20.2. The zero-order chi connectivity index (χ0) is 19.1. The quantitative estimate of drug-likeness (QED) is 0.742. The Kier molecular flexibility index (Phi) is 7.41. The molecule has 0 spiro atoms. The van der Waals surface area contributed by atoms with E-state index in [1.54, 1.807) is 12.1 Å². The Labute approximate surface area is 155 Å².